The van der Waals surface area contributed by atoms with E-state index in [0.29, 0.717) is 50.5 Å². The van der Waals surface area contributed by atoms with E-state index >= 15 is 0 Å². The Balaban J connectivity index is 1.45. The van der Waals surface area contributed by atoms with Crippen LogP contribution >= 0.6 is 0 Å². The Kier molecular flexibility index (Phi) is 6.64. The summed E-state index contributed by atoms with van der Waals surface area (Å²) in [7, 11) is 1.43. The molecule has 0 unspecified atom stereocenters. The first-order chi connectivity index (χ1) is 15.9. The molecule has 0 bridgehead atoms. The van der Waals surface area contributed by atoms with Crippen molar-refractivity contribution < 1.29 is 13.6 Å². The molecule has 3 aromatic rings. The van der Waals surface area contributed by atoms with Gasteiger partial charge in [-0.3, -0.25) is 14.5 Å². The summed E-state index contributed by atoms with van der Waals surface area (Å²) in [4.78, 5) is 39.3. The van der Waals surface area contributed by atoms with Crippen molar-refractivity contribution in [2.24, 2.45) is 0 Å². The van der Waals surface area contributed by atoms with Gasteiger partial charge in [0, 0.05) is 50.7 Å². The largest absolute Gasteiger partial charge is 0.367 e. The summed E-state index contributed by atoms with van der Waals surface area (Å²) < 4.78 is 27.3. The molecule has 4 heterocycles. The van der Waals surface area contributed by atoms with Crippen LogP contribution in [0.2, 0.25) is 0 Å². The number of amides is 1. The fraction of sp³-hybridized carbons (Fsp3) is 0.391. The van der Waals surface area contributed by atoms with Crippen LogP contribution in [0.3, 0.4) is 0 Å². The number of nitrogens with one attached hydrogen (secondary N) is 2. The van der Waals surface area contributed by atoms with Gasteiger partial charge in [-0.2, -0.15) is 0 Å². The van der Waals surface area contributed by atoms with Gasteiger partial charge >= 0.3 is 0 Å². The van der Waals surface area contributed by atoms with Crippen molar-refractivity contribution in [3.05, 3.63) is 63.3 Å². The van der Waals surface area contributed by atoms with Crippen molar-refractivity contribution >= 4 is 22.6 Å². The first kappa shape index (κ1) is 22.8. The Labute approximate surface area is 189 Å². The number of carbonyl (C=O) groups excluding carboxylic acids is 1. The van der Waals surface area contributed by atoms with Crippen molar-refractivity contribution in [2.45, 2.75) is 26.3 Å². The minimum absolute atomic E-state index is 0.0262. The molecule has 174 valence electrons. The fourth-order valence-corrected chi connectivity index (χ4v) is 4.04. The number of H-pyrrole nitrogens is 1. The number of rotatable bonds is 6. The van der Waals surface area contributed by atoms with Gasteiger partial charge in [-0.25, -0.2) is 18.7 Å². The molecule has 0 aromatic carbocycles. The predicted molar refractivity (Wildman–Crippen MR) is 122 cm³/mol. The molecule has 1 fully saturated rings. The Bertz CT molecular complexity index is 1220. The molecular formula is C23H26F2N6O2. The van der Waals surface area contributed by atoms with Crippen molar-refractivity contribution in [3.63, 3.8) is 0 Å². The van der Waals surface area contributed by atoms with Crippen LogP contribution in [0.4, 0.5) is 14.5 Å². The van der Waals surface area contributed by atoms with Crippen LogP contribution in [0.25, 0.3) is 11.0 Å². The zero-order valence-electron chi connectivity index (χ0n) is 18.6. The molecule has 0 aliphatic carbocycles. The van der Waals surface area contributed by atoms with E-state index in [1.807, 2.05) is 30.0 Å². The summed E-state index contributed by atoms with van der Waals surface area (Å²) in [5, 5.41) is 3.30. The number of carbonyl (C=O) groups is 1. The minimum atomic E-state index is -2.78. The maximum absolute atomic E-state index is 13.6. The van der Waals surface area contributed by atoms with Crippen LogP contribution in [0.15, 0.2) is 35.1 Å². The summed E-state index contributed by atoms with van der Waals surface area (Å²) in [5.41, 5.74) is 1.96. The van der Waals surface area contributed by atoms with Gasteiger partial charge < -0.3 is 15.2 Å². The van der Waals surface area contributed by atoms with Gasteiger partial charge in [0.15, 0.2) is 0 Å². The van der Waals surface area contributed by atoms with E-state index in [-0.39, 0.29) is 16.9 Å². The van der Waals surface area contributed by atoms with E-state index in [1.165, 1.54) is 13.1 Å². The van der Waals surface area contributed by atoms with Gasteiger partial charge in [0.25, 0.3) is 17.9 Å². The van der Waals surface area contributed by atoms with E-state index in [1.54, 1.807) is 6.07 Å². The van der Waals surface area contributed by atoms with Gasteiger partial charge in [-0.1, -0.05) is 6.92 Å². The zero-order chi connectivity index (χ0) is 23.5. The molecule has 1 amide bonds. The van der Waals surface area contributed by atoms with Crippen LogP contribution in [0.5, 0.6) is 0 Å². The number of hydrogen-bond acceptors (Lipinski definition) is 6. The van der Waals surface area contributed by atoms with Crippen molar-refractivity contribution in [1.29, 1.82) is 0 Å². The fourth-order valence-electron chi connectivity index (χ4n) is 4.04. The number of piperazine rings is 1. The number of aryl methyl sites for hydroxylation is 1. The van der Waals surface area contributed by atoms with Crippen LogP contribution in [-0.4, -0.2) is 59.0 Å². The normalized spacial score (nSPS) is 14.8. The maximum Gasteiger partial charge on any atom is 0.282 e. The predicted octanol–water partition coefficient (Wildman–Crippen LogP) is 2.50. The van der Waals surface area contributed by atoms with E-state index in [0.717, 1.165) is 16.6 Å². The molecule has 1 saturated heterocycles. The van der Waals surface area contributed by atoms with Gasteiger partial charge in [0.1, 0.15) is 17.0 Å². The number of nitrogens with zero attached hydrogens (tertiary/aromatic N) is 4. The zero-order valence-corrected chi connectivity index (χ0v) is 18.6. The second-order valence-electron chi connectivity index (χ2n) is 7.96. The maximum atomic E-state index is 13.6. The third-order valence-corrected chi connectivity index (χ3v) is 5.89. The third kappa shape index (κ3) is 4.85. The molecule has 0 saturated carbocycles. The lowest BCUT2D eigenvalue weighted by Crippen LogP contribution is -2.46. The van der Waals surface area contributed by atoms with Gasteiger partial charge in [0.2, 0.25) is 0 Å². The first-order valence-corrected chi connectivity index (χ1v) is 10.9. The Morgan fingerprint density at radius 1 is 1.15 bits per heavy atom. The van der Waals surface area contributed by atoms with E-state index in [9.17, 15) is 18.4 Å². The van der Waals surface area contributed by atoms with Gasteiger partial charge in [-0.15, -0.1) is 0 Å². The highest BCUT2D eigenvalue weighted by molar-refractivity contribution is 5.92. The van der Waals surface area contributed by atoms with Gasteiger partial charge in [0.05, 0.1) is 11.4 Å². The van der Waals surface area contributed by atoms with Crippen molar-refractivity contribution in [1.82, 2.24) is 25.2 Å². The Morgan fingerprint density at radius 3 is 2.58 bits per heavy atom. The molecule has 2 N–H and O–H groups in total. The molecule has 0 radical (unpaired) electrons. The number of halogens is 2. The van der Waals surface area contributed by atoms with Crippen LogP contribution < -0.4 is 15.8 Å². The smallest absolute Gasteiger partial charge is 0.282 e. The standard InChI is InChI=1S/C23H26F2N6O2/c1-3-14-12-15-4-5-16(27-21(15)29-22(14)32)13-30-8-10-31(11-9-30)18-7-6-17(23(33)26-2)28-19(18)20(24)25/h4-7,12,20H,3,8-11,13H2,1-2H3,(H,26,33)(H,27,29,32). The summed E-state index contributed by atoms with van der Waals surface area (Å²) in [6, 6.07) is 8.78. The first-order valence-electron chi connectivity index (χ1n) is 10.9. The number of hydrogen-bond donors (Lipinski definition) is 2. The van der Waals surface area contributed by atoms with Crippen LogP contribution in [0, 0.1) is 0 Å². The Hall–Kier alpha value is -3.40. The summed E-state index contributed by atoms with van der Waals surface area (Å²) in [5.74, 6) is -0.497. The molecule has 1 aliphatic heterocycles. The van der Waals surface area contributed by atoms with Crippen molar-refractivity contribution in [3.8, 4) is 0 Å². The highest BCUT2D eigenvalue weighted by atomic mass is 19.3. The van der Waals surface area contributed by atoms with E-state index in [4.69, 9.17) is 0 Å². The number of fused-ring (bicyclic) bond motifs is 1. The molecule has 1 aliphatic rings. The summed E-state index contributed by atoms with van der Waals surface area (Å²) in [6.45, 7) is 4.94. The summed E-state index contributed by atoms with van der Waals surface area (Å²) >= 11 is 0. The molecule has 33 heavy (non-hydrogen) atoms. The van der Waals surface area contributed by atoms with Gasteiger partial charge in [-0.05, 0) is 36.8 Å². The van der Waals surface area contributed by atoms with Crippen molar-refractivity contribution in [2.75, 3.05) is 38.1 Å². The second kappa shape index (κ2) is 9.62. The third-order valence-electron chi connectivity index (χ3n) is 5.89. The molecular weight excluding hydrogens is 430 g/mol. The second-order valence-corrected chi connectivity index (χ2v) is 7.96. The number of aromatic amines is 1. The molecule has 8 nitrogen and oxygen atoms in total. The average molecular weight is 456 g/mol. The molecule has 0 spiro atoms. The number of anilines is 1. The summed E-state index contributed by atoms with van der Waals surface area (Å²) in [6.07, 6.45) is -2.12. The molecule has 10 heteroatoms. The minimum Gasteiger partial charge on any atom is -0.367 e. The number of alkyl halides is 2. The molecule has 4 rings (SSSR count). The lowest BCUT2D eigenvalue weighted by atomic mass is 10.1. The average Bonchev–Trinajstić information content (AvgIpc) is 2.83. The topological polar surface area (TPSA) is 94.2 Å². The quantitative estimate of drug-likeness (QED) is 0.592. The SMILES string of the molecule is CCc1cc2ccc(CN3CCN(c4ccc(C(=O)NC)nc4C(F)F)CC3)nc2[nH]c1=O. The molecule has 3 aromatic heterocycles. The Morgan fingerprint density at radius 2 is 1.91 bits per heavy atom. The lowest BCUT2D eigenvalue weighted by Gasteiger charge is -2.36. The highest BCUT2D eigenvalue weighted by Crippen LogP contribution is 2.29. The van der Waals surface area contributed by atoms with E-state index < -0.39 is 12.3 Å². The lowest BCUT2D eigenvalue weighted by molar-refractivity contribution is 0.0956. The number of pyridine rings is 3. The van der Waals surface area contributed by atoms with E-state index in [2.05, 4.69) is 25.2 Å². The number of aromatic nitrogens is 3. The van der Waals surface area contributed by atoms with Crippen LogP contribution in [-0.2, 0) is 13.0 Å². The molecule has 0 atom stereocenters. The van der Waals surface area contributed by atoms with Crippen LogP contribution in [0.1, 0.15) is 40.8 Å². The monoisotopic (exact) mass is 456 g/mol. The highest BCUT2D eigenvalue weighted by Gasteiger charge is 2.25.